The van der Waals surface area contributed by atoms with Gasteiger partial charge in [0.05, 0.1) is 0 Å². The summed E-state index contributed by atoms with van der Waals surface area (Å²) in [6, 6.07) is 0.628. The summed E-state index contributed by atoms with van der Waals surface area (Å²) in [6.07, 6.45) is 4.19. The number of nitrogens with one attached hydrogen (secondary N) is 1. The van der Waals surface area contributed by atoms with Gasteiger partial charge in [-0.1, -0.05) is 6.92 Å². The number of nitrogens with zero attached hydrogens (tertiary/aromatic N) is 1. The second-order valence-electron chi connectivity index (χ2n) is 3.99. The third-order valence-electron chi connectivity index (χ3n) is 2.75. The second kappa shape index (κ2) is 6.53. The molecule has 0 spiro atoms. The van der Waals surface area contributed by atoms with Gasteiger partial charge in [-0.3, -0.25) is 4.21 Å². The van der Waals surface area contributed by atoms with Crippen LogP contribution >= 0.6 is 0 Å². The van der Waals surface area contributed by atoms with E-state index in [4.69, 9.17) is 0 Å². The molecule has 0 aliphatic carbocycles. The van der Waals surface area contributed by atoms with E-state index in [9.17, 15) is 4.21 Å². The Labute approximate surface area is 89.7 Å². The van der Waals surface area contributed by atoms with Gasteiger partial charge in [0, 0.05) is 41.9 Å². The number of hydrogen-bond donors (Lipinski definition) is 1. The quantitative estimate of drug-likeness (QED) is 0.743. The summed E-state index contributed by atoms with van der Waals surface area (Å²) in [5.41, 5.74) is 0. The predicted molar refractivity (Wildman–Crippen MR) is 62.1 cm³/mol. The SMILES string of the molecule is CCC1CN(CCS(C)=O)CCCN1. The third-order valence-corrected chi connectivity index (χ3v) is 3.51. The minimum Gasteiger partial charge on any atom is -0.313 e. The molecule has 2 atom stereocenters. The van der Waals surface area contributed by atoms with E-state index in [-0.39, 0.29) is 0 Å². The van der Waals surface area contributed by atoms with Crippen LogP contribution < -0.4 is 5.32 Å². The molecule has 0 bridgehead atoms. The summed E-state index contributed by atoms with van der Waals surface area (Å²) in [7, 11) is -0.648. The lowest BCUT2D eigenvalue weighted by Crippen LogP contribution is -2.38. The molecule has 1 aliphatic rings. The summed E-state index contributed by atoms with van der Waals surface area (Å²) in [5.74, 6) is 0.816. The zero-order chi connectivity index (χ0) is 10.4. The van der Waals surface area contributed by atoms with Crippen molar-refractivity contribution in [2.24, 2.45) is 0 Å². The highest BCUT2D eigenvalue weighted by atomic mass is 32.2. The van der Waals surface area contributed by atoms with Crippen molar-refractivity contribution in [2.45, 2.75) is 25.8 Å². The molecule has 84 valence electrons. The zero-order valence-electron chi connectivity index (χ0n) is 9.29. The lowest BCUT2D eigenvalue weighted by Gasteiger charge is -2.22. The largest absolute Gasteiger partial charge is 0.313 e. The van der Waals surface area contributed by atoms with Gasteiger partial charge in [0.25, 0.3) is 0 Å². The van der Waals surface area contributed by atoms with Crippen molar-refractivity contribution in [3.8, 4) is 0 Å². The van der Waals surface area contributed by atoms with E-state index < -0.39 is 10.8 Å². The summed E-state index contributed by atoms with van der Waals surface area (Å²) < 4.78 is 11.0. The Hall–Kier alpha value is 0.0700. The summed E-state index contributed by atoms with van der Waals surface area (Å²) in [4.78, 5) is 2.44. The predicted octanol–water partition coefficient (Wildman–Crippen LogP) is 0.439. The molecule has 1 N–H and O–H groups in total. The van der Waals surface area contributed by atoms with Gasteiger partial charge in [-0.2, -0.15) is 0 Å². The molecule has 0 radical (unpaired) electrons. The molecule has 1 saturated heterocycles. The van der Waals surface area contributed by atoms with Crippen LogP contribution in [0.4, 0.5) is 0 Å². The van der Waals surface area contributed by atoms with Gasteiger partial charge in [0.1, 0.15) is 0 Å². The fourth-order valence-electron chi connectivity index (χ4n) is 1.81. The molecule has 0 aromatic heterocycles. The topological polar surface area (TPSA) is 32.3 Å². The Bertz CT molecular complexity index is 187. The Kier molecular flexibility index (Phi) is 5.67. The first-order valence-electron chi connectivity index (χ1n) is 5.48. The molecule has 1 aliphatic heterocycles. The van der Waals surface area contributed by atoms with Crippen molar-refractivity contribution in [1.29, 1.82) is 0 Å². The maximum Gasteiger partial charge on any atom is 0.0359 e. The molecule has 4 heteroatoms. The van der Waals surface area contributed by atoms with E-state index in [1.807, 2.05) is 0 Å². The molecular formula is C10H22N2OS. The fourth-order valence-corrected chi connectivity index (χ4v) is 2.33. The van der Waals surface area contributed by atoms with Gasteiger partial charge in [-0.15, -0.1) is 0 Å². The Morgan fingerprint density at radius 1 is 1.57 bits per heavy atom. The molecule has 2 unspecified atom stereocenters. The van der Waals surface area contributed by atoms with Crippen molar-refractivity contribution in [2.75, 3.05) is 38.2 Å². The van der Waals surface area contributed by atoms with Crippen LogP contribution in [0.5, 0.6) is 0 Å². The minimum atomic E-state index is -0.648. The Morgan fingerprint density at radius 3 is 3.00 bits per heavy atom. The maximum absolute atomic E-state index is 11.0. The van der Waals surface area contributed by atoms with Crippen molar-refractivity contribution < 1.29 is 4.21 Å². The maximum atomic E-state index is 11.0. The molecule has 0 amide bonds. The highest BCUT2D eigenvalue weighted by Gasteiger charge is 2.15. The first-order valence-corrected chi connectivity index (χ1v) is 7.21. The summed E-state index contributed by atoms with van der Waals surface area (Å²) in [5, 5.41) is 3.53. The fraction of sp³-hybridized carbons (Fsp3) is 1.00. The molecule has 3 nitrogen and oxygen atoms in total. The molecule has 1 heterocycles. The average molecular weight is 218 g/mol. The molecule has 1 rings (SSSR count). The smallest absolute Gasteiger partial charge is 0.0359 e. The second-order valence-corrected chi connectivity index (χ2v) is 5.55. The van der Waals surface area contributed by atoms with Gasteiger partial charge >= 0.3 is 0 Å². The lowest BCUT2D eigenvalue weighted by molar-refractivity contribution is 0.280. The molecule has 1 fully saturated rings. The summed E-state index contributed by atoms with van der Waals surface area (Å²) in [6.45, 7) is 6.61. The molecule has 0 aromatic rings. The standard InChI is InChI=1S/C10H22N2OS/c1-3-10-9-12(6-4-5-11-10)7-8-14(2)13/h10-11H,3-9H2,1-2H3. The lowest BCUT2D eigenvalue weighted by atomic mass is 10.2. The first-order chi connectivity index (χ1) is 6.72. The highest BCUT2D eigenvalue weighted by molar-refractivity contribution is 7.84. The van der Waals surface area contributed by atoms with E-state index in [0.717, 1.165) is 31.9 Å². The van der Waals surface area contributed by atoms with E-state index >= 15 is 0 Å². The van der Waals surface area contributed by atoms with Gasteiger partial charge in [0.2, 0.25) is 0 Å². The minimum absolute atomic E-state index is 0.628. The van der Waals surface area contributed by atoms with Crippen LogP contribution in [0.1, 0.15) is 19.8 Å². The van der Waals surface area contributed by atoms with Gasteiger partial charge < -0.3 is 10.2 Å². The van der Waals surface area contributed by atoms with Crippen molar-refractivity contribution >= 4 is 10.8 Å². The van der Waals surface area contributed by atoms with E-state index in [2.05, 4.69) is 17.1 Å². The average Bonchev–Trinajstić information content (AvgIpc) is 2.39. The Balaban J connectivity index is 2.31. The van der Waals surface area contributed by atoms with Crippen LogP contribution in [0, 0.1) is 0 Å². The molecule has 14 heavy (non-hydrogen) atoms. The zero-order valence-corrected chi connectivity index (χ0v) is 10.1. The molecule has 0 saturated carbocycles. The van der Waals surface area contributed by atoms with Crippen molar-refractivity contribution in [1.82, 2.24) is 10.2 Å². The normalized spacial score (nSPS) is 27.1. The van der Waals surface area contributed by atoms with Crippen LogP contribution in [0.15, 0.2) is 0 Å². The van der Waals surface area contributed by atoms with E-state index in [1.54, 1.807) is 6.26 Å². The molecular weight excluding hydrogens is 196 g/mol. The van der Waals surface area contributed by atoms with Crippen LogP contribution in [0.25, 0.3) is 0 Å². The van der Waals surface area contributed by atoms with Gasteiger partial charge in [0.15, 0.2) is 0 Å². The highest BCUT2D eigenvalue weighted by Crippen LogP contribution is 2.03. The first kappa shape index (κ1) is 12.1. The summed E-state index contributed by atoms with van der Waals surface area (Å²) >= 11 is 0. The van der Waals surface area contributed by atoms with Crippen LogP contribution in [0.2, 0.25) is 0 Å². The number of hydrogen-bond acceptors (Lipinski definition) is 3. The van der Waals surface area contributed by atoms with Gasteiger partial charge in [-0.25, -0.2) is 0 Å². The van der Waals surface area contributed by atoms with E-state index in [0.29, 0.717) is 6.04 Å². The van der Waals surface area contributed by atoms with E-state index in [1.165, 1.54) is 12.8 Å². The monoisotopic (exact) mass is 218 g/mol. The van der Waals surface area contributed by atoms with Crippen LogP contribution in [-0.2, 0) is 10.8 Å². The molecule has 0 aromatic carbocycles. The van der Waals surface area contributed by atoms with Crippen LogP contribution in [-0.4, -0.2) is 53.3 Å². The number of rotatable bonds is 4. The van der Waals surface area contributed by atoms with Crippen molar-refractivity contribution in [3.63, 3.8) is 0 Å². The van der Waals surface area contributed by atoms with Crippen LogP contribution in [0.3, 0.4) is 0 Å². The Morgan fingerprint density at radius 2 is 2.36 bits per heavy atom. The third kappa shape index (κ3) is 4.53. The van der Waals surface area contributed by atoms with Crippen molar-refractivity contribution in [3.05, 3.63) is 0 Å². The van der Waals surface area contributed by atoms with Gasteiger partial charge in [-0.05, 0) is 25.9 Å².